The highest BCUT2D eigenvalue weighted by atomic mass is 16.6. The quantitative estimate of drug-likeness (QED) is 0.0262. The third-order valence-electron chi connectivity index (χ3n) is 11.6. The molecule has 378 valence electrons. The van der Waals surface area contributed by atoms with Gasteiger partial charge in [0.1, 0.15) is 13.2 Å². The van der Waals surface area contributed by atoms with Gasteiger partial charge >= 0.3 is 17.9 Å². The van der Waals surface area contributed by atoms with Crippen LogP contribution in [0.5, 0.6) is 0 Å². The van der Waals surface area contributed by atoms with E-state index >= 15 is 0 Å². The first kappa shape index (κ1) is 62.6. The zero-order valence-corrected chi connectivity index (χ0v) is 43.2. The fourth-order valence-corrected chi connectivity index (χ4v) is 7.44. The first-order valence-electron chi connectivity index (χ1n) is 27.6. The molecule has 6 heteroatoms. The summed E-state index contributed by atoms with van der Waals surface area (Å²) in [7, 11) is 0. The summed E-state index contributed by atoms with van der Waals surface area (Å²) in [5.41, 5.74) is 0. The van der Waals surface area contributed by atoms with Crippen LogP contribution in [0.15, 0.2) is 85.1 Å². The van der Waals surface area contributed by atoms with Gasteiger partial charge in [-0.3, -0.25) is 14.4 Å². The van der Waals surface area contributed by atoms with E-state index < -0.39 is 6.10 Å². The van der Waals surface area contributed by atoms with E-state index in [1.54, 1.807) is 0 Å². The zero-order valence-electron chi connectivity index (χ0n) is 43.2. The second-order valence-corrected chi connectivity index (χ2v) is 18.1. The van der Waals surface area contributed by atoms with Crippen molar-refractivity contribution in [3.63, 3.8) is 0 Å². The maximum absolute atomic E-state index is 12.8. The number of esters is 3. The lowest BCUT2D eigenvalue weighted by molar-refractivity contribution is -0.167. The predicted molar refractivity (Wildman–Crippen MR) is 284 cm³/mol. The monoisotopic (exact) mass is 919 g/mol. The number of hydrogen-bond donors (Lipinski definition) is 0. The molecular weight excluding hydrogens is 817 g/mol. The lowest BCUT2D eigenvalue weighted by Gasteiger charge is -2.18. The van der Waals surface area contributed by atoms with Crippen molar-refractivity contribution >= 4 is 17.9 Å². The Morgan fingerprint density at radius 1 is 0.303 bits per heavy atom. The molecule has 0 aliphatic carbocycles. The normalized spacial score (nSPS) is 12.7. The molecule has 66 heavy (non-hydrogen) atoms. The van der Waals surface area contributed by atoms with Crippen LogP contribution in [0, 0.1) is 0 Å². The van der Waals surface area contributed by atoms with Crippen LogP contribution in [0.3, 0.4) is 0 Å². The number of rotatable bonds is 49. The van der Waals surface area contributed by atoms with Crippen molar-refractivity contribution in [1.29, 1.82) is 0 Å². The second kappa shape index (κ2) is 54.2. The van der Waals surface area contributed by atoms with Crippen LogP contribution in [0.4, 0.5) is 0 Å². The average molecular weight is 919 g/mol. The second-order valence-electron chi connectivity index (χ2n) is 18.1. The molecule has 0 aliphatic rings. The summed E-state index contributed by atoms with van der Waals surface area (Å²) in [6, 6.07) is 0. The zero-order chi connectivity index (χ0) is 47.9. The molecule has 0 aromatic carbocycles. The van der Waals surface area contributed by atoms with Crippen LogP contribution in [-0.4, -0.2) is 37.2 Å². The van der Waals surface area contributed by atoms with Crippen LogP contribution in [-0.2, 0) is 28.6 Å². The molecule has 0 heterocycles. The highest BCUT2D eigenvalue weighted by Gasteiger charge is 2.19. The van der Waals surface area contributed by atoms with Crippen LogP contribution in [0.1, 0.15) is 258 Å². The Bertz CT molecular complexity index is 1290. The topological polar surface area (TPSA) is 78.9 Å². The van der Waals surface area contributed by atoms with E-state index in [4.69, 9.17) is 14.2 Å². The Morgan fingerprint density at radius 3 is 0.939 bits per heavy atom. The van der Waals surface area contributed by atoms with Crippen molar-refractivity contribution in [2.45, 2.75) is 264 Å². The molecule has 0 saturated carbocycles. The summed E-state index contributed by atoms with van der Waals surface area (Å²) >= 11 is 0. The Morgan fingerprint density at radius 2 is 0.561 bits per heavy atom. The molecule has 0 unspecified atom stereocenters. The molecule has 0 fully saturated rings. The fraction of sp³-hybridized carbons (Fsp3) is 0.717. The van der Waals surface area contributed by atoms with Gasteiger partial charge in [0.15, 0.2) is 6.10 Å². The summed E-state index contributed by atoms with van der Waals surface area (Å²) in [4.78, 5) is 38.0. The minimum absolute atomic E-state index is 0.105. The Labute approximate surface area is 407 Å². The van der Waals surface area contributed by atoms with Crippen molar-refractivity contribution < 1.29 is 28.6 Å². The van der Waals surface area contributed by atoms with E-state index in [9.17, 15) is 14.4 Å². The van der Waals surface area contributed by atoms with E-state index in [1.807, 2.05) is 0 Å². The standard InChI is InChI=1S/C60H102O6/c1-4-7-10-13-16-19-22-25-27-29-30-32-33-35-38-41-44-47-50-53-59(62)65-56-57(55-64-58(61)52-49-46-43-40-37-24-21-18-15-12-9-6-3)66-60(63)54-51-48-45-42-39-36-34-31-28-26-23-20-17-14-11-8-5-2/h16,19,25-28,30,32,34-36,38,42,45,57H,4-15,17-18,20-24,29,31,33,37,39-41,43-44,46-56H2,1-3H3/b19-16-,27-25-,28-26-,32-30-,36-34-,38-35-,45-42-/t57-/m0/s1. The molecule has 6 nitrogen and oxygen atoms in total. The predicted octanol–water partition coefficient (Wildman–Crippen LogP) is 18.4. The molecule has 0 radical (unpaired) electrons. The maximum atomic E-state index is 12.8. The van der Waals surface area contributed by atoms with E-state index in [2.05, 4.69) is 106 Å². The number of ether oxygens (including phenoxy) is 3. The van der Waals surface area contributed by atoms with Gasteiger partial charge in [-0.2, -0.15) is 0 Å². The average Bonchev–Trinajstić information content (AvgIpc) is 3.31. The van der Waals surface area contributed by atoms with Crippen LogP contribution >= 0.6 is 0 Å². The molecule has 0 aromatic heterocycles. The van der Waals surface area contributed by atoms with Crippen LogP contribution in [0.25, 0.3) is 0 Å². The van der Waals surface area contributed by atoms with Crippen molar-refractivity contribution in [3.8, 4) is 0 Å². The smallest absolute Gasteiger partial charge is 0.306 e. The van der Waals surface area contributed by atoms with Gasteiger partial charge in [0.25, 0.3) is 0 Å². The molecule has 0 bridgehead atoms. The molecule has 0 saturated heterocycles. The summed E-state index contributed by atoms with van der Waals surface area (Å²) in [5.74, 6) is -0.988. The molecule has 1 atom stereocenters. The lowest BCUT2D eigenvalue weighted by atomic mass is 10.0. The van der Waals surface area contributed by atoms with Gasteiger partial charge in [-0.15, -0.1) is 0 Å². The highest BCUT2D eigenvalue weighted by Crippen LogP contribution is 2.14. The van der Waals surface area contributed by atoms with Gasteiger partial charge in [-0.1, -0.05) is 228 Å². The molecule has 0 rings (SSSR count). The summed E-state index contributed by atoms with van der Waals surface area (Å²) in [5, 5.41) is 0. The number of carbonyl (C=O) groups is 3. The van der Waals surface area contributed by atoms with Crippen molar-refractivity contribution in [2.24, 2.45) is 0 Å². The maximum Gasteiger partial charge on any atom is 0.306 e. The Balaban J connectivity index is 4.50. The van der Waals surface area contributed by atoms with Crippen LogP contribution < -0.4 is 0 Å². The summed E-state index contributed by atoms with van der Waals surface area (Å²) in [6.45, 7) is 6.53. The van der Waals surface area contributed by atoms with E-state index in [-0.39, 0.29) is 37.5 Å². The SMILES string of the molecule is CCCCC/C=C\C/C=C\C/C=C\C/C=C\CCCCCC(=O)OC[C@H](COC(=O)CCCCCCCCCCCCCC)OC(=O)CCC/C=C\C/C=C\C/C=C\CCCCCCCC. The van der Waals surface area contributed by atoms with Gasteiger partial charge in [0.05, 0.1) is 0 Å². The summed E-state index contributed by atoms with van der Waals surface area (Å²) in [6.07, 6.45) is 70.0. The first-order valence-corrected chi connectivity index (χ1v) is 27.6. The van der Waals surface area contributed by atoms with Crippen molar-refractivity contribution in [1.82, 2.24) is 0 Å². The minimum atomic E-state index is -0.814. The van der Waals surface area contributed by atoms with E-state index in [0.29, 0.717) is 19.3 Å². The first-order chi connectivity index (χ1) is 32.5. The van der Waals surface area contributed by atoms with Crippen LogP contribution in [0.2, 0.25) is 0 Å². The van der Waals surface area contributed by atoms with E-state index in [0.717, 1.165) is 83.5 Å². The third-order valence-corrected chi connectivity index (χ3v) is 11.6. The largest absolute Gasteiger partial charge is 0.462 e. The van der Waals surface area contributed by atoms with Gasteiger partial charge in [0.2, 0.25) is 0 Å². The van der Waals surface area contributed by atoms with Gasteiger partial charge < -0.3 is 14.2 Å². The van der Waals surface area contributed by atoms with Gasteiger partial charge in [-0.05, 0) is 96.3 Å². The molecule has 0 N–H and O–H groups in total. The lowest BCUT2D eigenvalue weighted by Crippen LogP contribution is -2.30. The number of allylic oxidation sites excluding steroid dienone is 14. The molecule has 0 aromatic rings. The highest BCUT2D eigenvalue weighted by molar-refractivity contribution is 5.71. The molecule has 0 amide bonds. The number of carbonyl (C=O) groups excluding carboxylic acids is 3. The molecule has 0 spiro atoms. The van der Waals surface area contributed by atoms with Gasteiger partial charge in [0, 0.05) is 19.3 Å². The fourth-order valence-electron chi connectivity index (χ4n) is 7.44. The number of hydrogen-bond acceptors (Lipinski definition) is 6. The minimum Gasteiger partial charge on any atom is -0.462 e. The van der Waals surface area contributed by atoms with Crippen molar-refractivity contribution in [2.75, 3.05) is 13.2 Å². The molecule has 0 aliphatic heterocycles. The summed E-state index contributed by atoms with van der Waals surface area (Å²) < 4.78 is 16.8. The Hall–Kier alpha value is -3.41. The third kappa shape index (κ3) is 51.6. The number of unbranched alkanes of at least 4 members (excludes halogenated alkanes) is 24. The van der Waals surface area contributed by atoms with Gasteiger partial charge in [-0.25, -0.2) is 0 Å². The Kier molecular flexibility index (Phi) is 51.4. The molecular formula is C60H102O6. The van der Waals surface area contributed by atoms with E-state index in [1.165, 1.54) is 128 Å². The van der Waals surface area contributed by atoms with Crippen molar-refractivity contribution in [3.05, 3.63) is 85.1 Å².